The maximum atomic E-state index is 12.1. The minimum atomic E-state index is -0.0896. The molecule has 0 fully saturated rings. The monoisotopic (exact) mass is 289 g/mol. The van der Waals surface area contributed by atoms with E-state index in [1.54, 1.807) is 18.2 Å². The number of nitrogens with zero attached hydrogens (tertiary/aromatic N) is 1. The van der Waals surface area contributed by atoms with Crippen molar-refractivity contribution in [1.29, 1.82) is 0 Å². The summed E-state index contributed by atoms with van der Waals surface area (Å²) >= 11 is 12.2. The Labute approximate surface area is 119 Å². The van der Waals surface area contributed by atoms with Crippen molar-refractivity contribution in [2.45, 2.75) is 0 Å². The van der Waals surface area contributed by atoms with Crippen LogP contribution in [0.1, 0.15) is 0 Å². The number of hydrogen-bond acceptors (Lipinski definition) is 1. The van der Waals surface area contributed by atoms with Gasteiger partial charge in [-0.3, -0.25) is 8.88 Å². The SMILES string of the molecule is O=c1cc(-c2ccccc2)n(Cl)c2ccc(Cl)cc12. The quantitative estimate of drug-likeness (QED) is 0.654. The first-order valence-electron chi connectivity index (χ1n) is 5.74. The second-order valence-electron chi connectivity index (χ2n) is 4.20. The van der Waals surface area contributed by atoms with Crippen LogP contribution in [0, 0.1) is 0 Å². The molecule has 0 aliphatic heterocycles. The molecular formula is C15H9Cl2NO. The molecule has 0 aliphatic carbocycles. The minimum absolute atomic E-state index is 0.0896. The van der Waals surface area contributed by atoms with E-state index in [0.29, 0.717) is 21.6 Å². The fraction of sp³-hybridized carbons (Fsp3) is 0. The fourth-order valence-electron chi connectivity index (χ4n) is 2.07. The molecule has 2 aromatic carbocycles. The summed E-state index contributed by atoms with van der Waals surface area (Å²) in [6.07, 6.45) is 0. The Bertz CT molecular complexity index is 809. The van der Waals surface area contributed by atoms with Crippen molar-refractivity contribution in [2.24, 2.45) is 0 Å². The van der Waals surface area contributed by atoms with Crippen molar-refractivity contribution in [3.05, 3.63) is 69.8 Å². The van der Waals surface area contributed by atoms with Crippen LogP contribution in [-0.4, -0.2) is 4.09 Å². The van der Waals surface area contributed by atoms with E-state index in [4.69, 9.17) is 23.4 Å². The summed E-state index contributed by atoms with van der Waals surface area (Å²) in [7, 11) is 0. The molecule has 4 heteroatoms. The Hall–Kier alpha value is -1.77. The van der Waals surface area contributed by atoms with Gasteiger partial charge in [0, 0.05) is 28.3 Å². The molecule has 0 N–H and O–H groups in total. The van der Waals surface area contributed by atoms with E-state index >= 15 is 0 Å². The Morgan fingerprint density at radius 2 is 1.68 bits per heavy atom. The maximum Gasteiger partial charge on any atom is 0.190 e. The third kappa shape index (κ3) is 2.14. The minimum Gasteiger partial charge on any atom is -0.289 e. The lowest BCUT2D eigenvalue weighted by molar-refractivity contribution is 1.27. The van der Waals surface area contributed by atoms with Crippen molar-refractivity contribution in [2.75, 3.05) is 0 Å². The first-order valence-corrected chi connectivity index (χ1v) is 6.45. The zero-order valence-corrected chi connectivity index (χ0v) is 11.3. The van der Waals surface area contributed by atoms with E-state index in [0.717, 1.165) is 5.56 Å². The number of halogens is 2. The van der Waals surface area contributed by atoms with Crippen molar-refractivity contribution in [3.8, 4) is 11.3 Å². The van der Waals surface area contributed by atoms with Crippen LogP contribution in [0.2, 0.25) is 5.02 Å². The van der Waals surface area contributed by atoms with Crippen LogP contribution in [0.5, 0.6) is 0 Å². The van der Waals surface area contributed by atoms with Gasteiger partial charge in [0.2, 0.25) is 0 Å². The topological polar surface area (TPSA) is 22.0 Å². The van der Waals surface area contributed by atoms with Crippen LogP contribution < -0.4 is 5.43 Å². The summed E-state index contributed by atoms with van der Waals surface area (Å²) in [6, 6.07) is 16.2. The Morgan fingerprint density at radius 3 is 2.42 bits per heavy atom. The first kappa shape index (κ1) is 12.3. The van der Waals surface area contributed by atoms with E-state index in [1.807, 2.05) is 30.3 Å². The molecule has 0 bridgehead atoms. The number of pyridine rings is 1. The first-order chi connectivity index (χ1) is 9.16. The molecule has 0 saturated carbocycles. The standard InChI is InChI=1S/C15H9Cl2NO/c16-11-6-7-13-12(8-11)15(19)9-14(18(13)17)10-4-2-1-3-5-10/h1-9H. The van der Waals surface area contributed by atoms with Gasteiger partial charge >= 0.3 is 0 Å². The Balaban J connectivity index is 2.38. The molecule has 3 rings (SSSR count). The van der Waals surface area contributed by atoms with E-state index in [1.165, 1.54) is 10.2 Å². The van der Waals surface area contributed by atoms with Gasteiger partial charge < -0.3 is 0 Å². The number of rotatable bonds is 1. The second-order valence-corrected chi connectivity index (χ2v) is 4.98. The highest BCUT2D eigenvalue weighted by molar-refractivity contribution is 6.31. The third-order valence-corrected chi connectivity index (χ3v) is 3.58. The van der Waals surface area contributed by atoms with Gasteiger partial charge in [0.15, 0.2) is 5.43 Å². The lowest BCUT2D eigenvalue weighted by Gasteiger charge is -2.10. The smallest absolute Gasteiger partial charge is 0.190 e. The predicted octanol–water partition coefficient (Wildman–Crippen LogP) is 4.32. The van der Waals surface area contributed by atoms with Gasteiger partial charge in [0.25, 0.3) is 0 Å². The van der Waals surface area contributed by atoms with Gasteiger partial charge in [-0.05, 0) is 23.8 Å². The molecule has 0 spiro atoms. The molecule has 0 amide bonds. The molecule has 0 atom stereocenters. The summed E-state index contributed by atoms with van der Waals surface area (Å²) in [4.78, 5) is 12.1. The van der Waals surface area contributed by atoms with Crippen LogP contribution in [0.3, 0.4) is 0 Å². The summed E-state index contributed by atoms with van der Waals surface area (Å²) in [5.41, 5.74) is 2.12. The molecule has 1 aromatic heterocycles. The van der Waals surface area contributed by atoms with Crippen LogP contribution in [-0.2, 0) is 0 Å². The predicted molar refractivity (Wildman–Crippen MR) is 79.9 cm³/mol. The van der Waals surface area contributed by atoms with E-state index < -0.39 is 0 Å². The summed E-state index contributed by atoms with van der Waals surface area (Å²) < 4.78 is 1.49. The van der Waals surface area contributed by atoms with Gasteiger partial charge in [0.05, 0.1) is 11.2 Å². The van der Waals surface area contributed by atoms with Crippen molar-refractivity contribution < 1.29 is 0 Å². The summed E-state index contributed by atoms with van der Waals surface area (Å²) in [5.74, 6) is 0. The molecular weight excluding hydrogens is 281 g/mol. The average molecular weight is 290 g/mol. The lowest BCUT2D eigenvalue weighted by atomic mass is 10.1. The fourth-order valence-corrected chi connectivity index (χ4v) is 2.54. The third-order valence-electron chi connectivity index (χ3n) is 2.98. The van der Waals surface area contributed by atoms with Gasteiger partial charge in [-0.1, -0.05) is 41.9 Å². The molecule has 94 valence electrons. The molecule has 0 saturated heterocycles. The van der Waals surface area contributed by atoms with Gasteiger partial charge in [-0.2, -0.15) is 0 Å². The maximum absolute atomic E-state index is 12.1. The number of hydrogen-bond donors (Lipinski definition) is 0. The molecule has 0 unspecified atom stereocenters. The molecule has 1 heterocycles. The average Bonchev–Trinajstić information content (AvgIpc) is 2.43. The highest BCUT2D eigenvalue weighted by Crippen LogP contribution is 2.25. The van der Waals surface area contributed by atoms with Crippen molar-refractivity contribution in [1.82, 2.24) is 4.09 Å². The second kappa shape index (κ2) is 4.72. The van der Waals surface area contributed by atoms with Gasteiger partial charge in [-0.25, -0.2) is 0 Å². The zero-order chi connectivity index (χ0) is 13.4. The normalized spacial score (nSPS) is 10.8. The number of fused-ring (bicyclic) bond motifs is 1. The van der Waals surface area contributed by atoms with Crippen molar-refractivity contribution >= 4 is 34.3 Å². The number of aromatic nitrogens is 1. The zero-order valence-electron chi connectivity index (χ0n) is 9.81. The molecule has 0 aliphatic rings. The van der Waals surface area contributed by atoms with Gasteiger partial charge in [0.1, 0.15) is 0 Å². The molecule has 0 radical (unpaired) electrons. The number of benzene rings is 2. The van der Waals surface area contributed by atoms with E-state index in [2.05, 4.69) is 0 Å². The van der Waals surface area contributed by atoms with Gasteiger partial charge in [-0.15, -0.1) is 0 Å². The summed E-state index contributed by atoms with van der Waals surface area (Å²) in [5, 5.41) is 1.04. The summed E-state index contributed by atoms with van der Waals surface area (Å²) in [6.45, 7) is 0. The van der Waals surface area contributed by atoms with Crippen LogP contribution in [0.25, 0.3) is 22.2 Å². The van der Waals surface area contributed by atoms with E-state index in [-0.39, 0.29) is 5.43 Å². The highest BCUT2D eigenvalue weighted by Gasteiger charge is 2.09. The van der Waals surface area contributed by atoms with Crippen LogP contribution >= 0.6 is 23.4 Å². The molecule has 2 nitrogen and oxygen atoms in total. The van der Waals surface area contributed by atoms with Crippen LogP contribution in [0.4, 0.5) is 0 Å². The molecule has 3 aromatic rings. The highest BCUT2D eigenvalue weighted by atomic mass is 35.5. The Kier molecular flexibility index (Phi) is 3.05. The lowest BCUT2D eigenvalue weighted by Crippen LogP contribution is -2.06. The van der Waals surface area contributed by atoms with Crippen LogP contribution in [0.15, 0.2) is 59.4 Å². The van der Waals surface area contributed by atoms with E-state index in [9.17, 15) is 4.79 Å². The van der Waals surface area contributed by atoms with Crippen molar-refractivity contribution in [3.63, 3.8) is 0 Å². The molecule has 19 heavy (non-hydrogen) atoms. The largest absolute Gasteiger partial charge is 0.289 e. The Morgan fingerprint density at radius 1 is 0.947 bits per heavy atom.